The van der Waals surface area contributed by atoms with Crippen LogP contribution >= 0.6 is 0 Å². The highest BCUT2D eigenvalue weighted by Crippen LogP contribution is 2.27. The number of hydrogen-bond acceptors (Lipinski definition) is 5. The first-order valence-electron chi connectivity index (χ1n) is 7.97. The Hall–Kier alpha value is -2.50. The number of carboxylic acids is 1. The molecule has 0 radical (unpaired) electrons. The SMILES string of the molecule is CCc1nc(-c2cccnc2)cc(N2CCCCC2C(=O)O)n1. The van der Waals surface area contributed by atoms with Crippen LogP contribution in [0.15, 0.2) is 30.6 Å². The molecular formula is C17H20N4O2. The van der Waals surface area contributed by atoms with E-state index in [1.807, 2.05) is 30.0 Å². The molecule has 1 aliphatic heterocycles. The number of aliphatic carboxylic acids is 1. The van der Waals surface area contributed by atoms with Crippen molar-refractivity contribution in [3.05, 3.63) is 36.4 Å². The van der Waals surface area contributed by atoms with Crippen molar-refractivity contribution in [3.8, 4) is 11.3 Å². The van der Waals surface area contributed by atoms with Crippen LogP contribution in [0, 0.1) is 0 Å². The smallest absolute Gasteiger partial charge is 0.326 e. The fraction of sp³-hybridized carbons (Fsp3) is 0.412. The number of piperidine rings is 1. The summed E-state index contributed by atoms with van der Waals surface area (Å²) in [4.78, 5) is 26.7. The first-order chi connectivity index (χ1) is 11.2. The summed E-state index contributed by atoms with van der Waals surface area (Å²) in [6.07, 6.45) is 6.76. The number of rotatable bonds is 4. The van der Waals surface area contributed by atoms with E-state index in [1.54, 1.807) is 12.4 Å². The first kappa shape index (κ1) is 15.4. The molecule has 2 aromatic heterocycles. The van der Waals surface area contributed by atoms with Gasteiger partial charge in [-0.1, -0.05) is 6.92 Å². The van der Waals surface area contributed by atoms with Crippen molar-refractivity contribution < 1.29 is 9.90 Å². The number of nitrogens with zero attached hydrogens (tertiary/aromatic N) is 4. The number of pyridine rings is 1. The Labute approximate surface area is 135 Å². The third-order valence-corrected chi connectivity index (χ3v) is 4.11. The Morgan fingerprint density at radius 3 is 2.96 bits per heavy atom. The van der Waals surface area contributed by atoms with Crippen LogP contribution in [0.3, 0.4) is 0 Å². The van der Waals surface area contributed by atoms with E-state index in [-0.39, 0.29) is 0 Å². The lowest BCUT2D eigenvalue weighted by molar-refractivity contribution is -0.139. The molecule has 1 unspecified atom stereocenters. The van der Waals surface area contributed by atoms with Crippen LogP contribution in [0.4, 0.5) is 5.82 Å². The summed E-state index contributed by atoms with van der Waals surface area (Å²) in [5, 5.41) is 9.49. The lowest BCUT2D eigenvalue weighted by Gasteiger charge is -2.34. The average Bonchev–Trinajstić information content (AvgIpc) is 2.62. The second-order valence-corrected chi connectivity index (χ2v) is 5.67. The summed E-state index contributed by atoms with van der Waals surface area (Å²) in [5.74, 6) is 0.628. The molecule has 0 aromatic carbocycles. The number of hydrogen-bond donors (Lipinski definition) is 1. The third-order valence-electron chi connectivity index (χ3n) is 4.11. The Kier molecular flexibility index (Phi) is 4.50. The molecule has 120 valence electrons. The molecule has 0 aliphatic carbocycles. The van der Waals surface area contributed by atoms with Gasteiger partial charge in [-0.3, -0.25) is 4.98 Å². The van der Waals surface area contributed by atoms with Crippen molar-refractivity contribution in [3.63, 3.8) is 0 Å². The van der Waals surface area contributed by atoms with Gasteiger partial charge in [0, 0.05) is 37.0 Å². The maximum absolute atomic E-state index is 11.6. The van der Waals surface area contributed by atoms with Crippen LogP contribution in [0.2, 0.25) is 0 Å². The van der Waals surface area contributed by atoms with Crippen LogP contribution < -0.4 is 4.90 Å². The molecule has 1 N–H and O–H groups in total. The Bertz CT molecular complexity index is 690. The predicted molar refractivity (Wildman–Crippen MR) is 87.3 cm³/mol. The van der Waals surface area contributed by atoms with Gasteiger partial charge >= 0.3 is 5.97 Å². The summed E-state index contributed by atoms with van der Waals surface area (Å²) in [5.41, 5.74) is 1.70. The number of carboxylic acid groups (broad SMARTS) is 1. The van der Waals surface area contributed by atoms with Crippen molar-refractivity contribution in [2.75, 3.05) is 11.4 Å². The minimum Gasteiger partial charge on any atom is -0.480 e. The highest BCUT2D eigenvalue weighted by molar-refractivity contribution is 5.78. The number of anilines is 1. The zero-order chi connectivity index (χ0) is 16.2. The van der Waals surface area contributed by atoms with Crippen LogP contribution in [0.25, 0.3) is 11.3 Å². The van der Waals surface area contributed by atoms with Crippen molar-refractivity contribution in [2.45, 2.75) is 38.6 Å². The van der Waals surface area contributed by atoms with E-state index in [2.05, 4.69) is 15.0 Å². The quantitative estimate of drug-likeness (QED) is 0.934. The van der Waals surface area contributed by atoms with Crippen molar-refractivity contribution in [1.29, 1.82) is 0 Å². The highest BCUT2D eigenvalue weighted by atomic mass is 16.4. The van der Waals surface area contributed by atoms with E-state index in [0.717, 1.165) is 29.9 Å². The van der Waals surface area contributed by atoms with E-state index in [4.69, 9.17) is 0 Å². The predicted octanol–water partition coefficient (Wildman–Crippen LogP) is 2.54. The van der Waals surface area contributed by atoms with E-state index in [1.165, 1.54) is 0 Å². The summed E-state index contributed by atoms with van der Waals surface area (Å²) in [6, 6.07) is 5.18. The lowest BCUT2D eigenvalue weighted by atomic mass is 10.0. The van der Waals surface area contributed by atoms with Crippen molar-refractivity contribution in [1.82, 2.24) is 15.0 Å². The van der Waals surface area contributed by atoms with Crippen LogP contribution in [0.1, 0.15) is 32.0 Å². The molecule has 0 spiro atoms. The molecule has 0 amide bonds. The van der Waals surface area contributed by atoms with Crippen LogP contribution in [0.5, 0.6) is 0 Å². The Morgan fingerprint density at radius 2 is 2.26 bits per heavy atom. The first-order valence-corrected chi connectivity index (χ1v) is 7.97. The molecule has 3 heterocycles. The van der Waals surface area contributed by atoms with Gasteiger partial charge in [-0.2, -0.15) is 0 Å². The Balaban J connectivity index is 2.03. The highest BCUT2D eigenvalue weighted by Gasteiger charge is 2.29. The summed E-state index contributed by atoms with van der Waals surface area (Å²) in [7, 11) is 0. The van der Waals surface area contributed by atoms with Crippen LogP contribution in [-0.4, -0.2) is 38.6 Å². The number of carbonyl (C=O) groups is 1. The lowest BCUT2D eigenvalue weighted by Crippen LogP contribution is -2.45. The van der Waals surface area contributed by atoms with Crippen LogP contribution in [-0.2, 0) is 11.2 Å². The van der Waals surface area contributed by atoms with E-state index < -0.39 is 12.0 Å². The molecule has 6 nitrogen and oxygen atoms in total. The van der Waals surface area contributed by atoms with E-state index in [9.17, 15) is 9.90 Å². The van der Waals surface area contributed by atoms with Gasteiger partial charge < -0.3 is 10.0 Å². The van der Waals surface area contributed by atoms with Gasteiger partial charge in [0.1, 0.15) is 17.7 Å². The molecule has 3 rings (SSSR count). The van der Waals surface area contributed by atoms with Gasteiger partial charge in [0.25, 0.3) is 0 Å². The molecule has 0 bridgehead atoms. The van der Waals surface area contributed by atoms with E-state index >= 15 is 0 Å². The fourth-order valence-corrected chi connectivity index (χ4v) is 2.91. The molecular weight excluding hydrogens is 292 g/mol. The molecule has 1 aliphatic rings. The normalized spacial score (nSPS) is 18.0. The van der Waals surface area contributed by atoms with Crippen molar-refractivity contribution >= 4 is 11.8 Å². The zero-order valence-electron chi connectivity index (χ0n) is 13.1. The minimum absolute atomic E-state index is 0.509. The van der Waals surface area contributed by atoms with Gasteiger partial charge in [0.05, 0.1) is 5.69 Å². The molecule has 6 heteroatoms. The van der Waals surface area contributed by atoms with Gasteiger partial charge in [-0.25, -0.2) is 14.8 Å². The molecule has 1 atom stereocenters. The largest absolute Gasteiger partial charge is 0.480 e. The standard InChI is InChI=1S/C17H20N4O2/c1-2-15-19-13(12-6-5-8-18-11-12)10-16(20-15)21-9-4-3-7-14(21)17(22)23/h5-6,8,10-11,14H,2-4,7,9H2,1H3,(H,22,23). The van der Waals surface area contributed by atoms with Gasteiger partial charge in [-0.05, 0) is 31.4 Å². The molecule has 2 aromatic rings. The van der Waals surface area contributed by atoms with Gasteiger partial charge in [0.15, 0.2) is 0 Å². The van der Waals surface area contributed by atoms with Gasteiger partial charge in [-0.15, -0.1) is 0 Å². The monoisotopic (exact) mass is 312 g/mol. The second-order valence-electron chi connectivity index (χ2n) is 5.67. The number of aryl methyl sites for hydroxylation is 1. The number of aromatic nitrogens is 3. The zero-order valence-corrected chi connectivity index (χ0v) is 13.1. The maximum atomic E-state index is 11.6. The average molecular weight is 312 g/mol. The third kappa shape index (κ3) is 3.31. The molecule has 23 heavy (non-hydrogen) atoms. The summed E-state index contributed by atoms with van der Waals surface area (Å²) < 4.78 is 0. The second kappa shape index (κ2) is 6.73. The minimum atomic E-state index is -0.788. The summed E-state index contributed by atoms with van der Waals surface area (Å²) >= 11 is 0. The van der Waals surface area contributed by atoms with Gasteiger partial charge in [0.2, 0.25) is 0 Å². The topological polar surface area (TPSA) is 79.2 Å². The Morgan fingerprint density at radius 1 is 1.39 bits per heavy atom. The van der Waals surface area contributed by atoms with E-state index in [0.29, 0.717) is 25.2 Å². The fourth-order valence-electron chi connectivity index (χ4n) is 2.91. The molecule has 1 saturated heterocycles. The maximum Gasteiger partial charge on any atom is 0.326 e. The molecule has 1 fully saturated rings. The van der Waals surface area contributed by atoms with Crippen molar-refractivity contribution in [2.24, 2.45) is 0 Å². The summed E-state index contributed by atoms with van der Waals surface area (Å²) in [6.45, 7) is 2.71. The molecule has 0 saturated carbocycles.